The third-order valence-electron chi connectivity index (χ3n) is 2.96. The molecule has 2 aromatic carbocycles. The molecular weight excluding hydrogens is 346 g/mol. The first-order valence-corrected chi connectivity index (χ1v) is 7.45. The second-order valence-corrected chi connectivity index (χ2v) is 5.53. The van der Waals surface area contributed by atoms with Crippen molar-refractivity contribution in [1.29, 1.82) is 0 Å². The van der Waals surface area contributed by atoms with Gasteiger partial charge in [0.25, 0.3) is 5.91 Å². The van der Waals surface area contributed by atoms with Crippen LogP contribution < -0.4 is 10.7 Å². The van der Waals surface area contributed by atoms with Crippen LogP contribution in [0.3, 0.4) is 0 Å². The highest BCUT2D eigenvalue weighted by atomic mass is 79.9. The molecule has 114 valence electrons. The minimum atomic E-state index is -0.239. The van der Waals surface area contributed by atoms with E-state index in [2.05, 4.69) is 31.8 Å². The van der Waals surface area contributed by atoms with Crippen molar-refractivity contribution >= 4 is 33.7 Å². The molecule has 0 radical (unpaired) electrons. The van der Waals surface area contributed by atoms with Crippen LogP contribution in [0.5, 0.6) is 5.75 Å². The number of anilines is 1. The molecule has 0 heterocycles. The highest BCUT2D eigenvalue weighted by Gasteiger charge is 2.01. The van der Waals surface area contributed by atoms with Crippen molar-refractivity contribution in [2.24, 2.45) is 5.10 Å². The topological polar surface area (TPSA) is 73.7 Å². The predicted molar refractivity (Wildman–Crippen MR) is 91.2 cm³/mol. The number of halogens is 1. The van der Waals surface area contributed by atoms with Crippen LogP contribution in [0.25, 0.3) is 0 Å². The van der Waals surface area contributed by atoms with E-state index >= 15 is 0 Å². The molecule has 2 aromatic rings. The number of para-hydroxylation sites is 1. The third-order valence-corrected chi connectivity index (χ3v) is 3.59. The Morgan fingerprint density at radius 3 is 2.82 bits per heavy atom. The van der Waals surface area contributed by atoms with Gasteiger partial charge in [0.05, 0.1) is 17.2 Å². The van der Waals surface area contributed by atoms with E-state index in [0.29, 0.717) is 4.47 Å². The van der Waals surface area contributed by atoms with Gasteiger partial charge in [-0.1, -0.05) is 18.2 Å². The molecule has 0 aliphatic heterocycles. The molecule has 1 amide bonds. The quantitative estimate of drug-likeness (QED) is 0.566. The smallest absolute Gasteiger partial charge is 0.259 e. The molecule has 22 heavy (non-hydrogen) atoms. The maximum atomic E-state index is 11.7. The normalized spacial score (nSPS) is 10.6. The number of phenols is 1. The molecule has 6 heteroatoms. The molecule has 0 aliphatic rings. The van der Waals surface area contributed by atoms with E-state index in [9.17, 15) is 9.90 Å². The summed E-state index contributed by atoms with van der Waals surface area (Å²) in [6.45, 7) is 2.11. The maximum absolute atomic E-state index is 11.7. The molecular formula is C16H16BrN3O2. The number of carbonyl (C=O) groups is 1. The number of carbonyl (C=O) groups excluding carboxylic acids is 1. The highest BCUT2D eigenvalue weighted by Crippen LogP contribution is 2.23. The van der Waals surface area contributed by atoms with Gasteiger partial charge < -0.3 is 10.4 Å². The summed E-state index contributed by atoms with van der Waals surface area (Å²) in [6.07, 6.45) is 1.51. The van der Waals surface area contributed by atoms with E-state index in [1.165, 1.54) is 6.21 Å². The summed E-state index contributed by atoms with van der Waals surface area (Å²) >= 11 is 3.22. The van der Waals surface area contributed by atoms with Gasteiger partial charge in [0, 0.05) is 5.69 Å². The van der Waals surface area contributed by atoms with Crippen molar-refractivity contribution < 1.29 is 9.90 Å². The molecule has 0 atom stereocenters. The summed E-state index contributed by atoms with van der Waals surface area (Å²) in [4.78, 5) is 11.7. The lowest BCUT2D eigenvalue weighted by Gasteiger charge is -2.07. The number of hydrazone groups is 1. The average molecular weight is 362 g/mol. The van der Waals surface area contributed by atoms with Gasteiger partial charge >= 0.3 is 0 Å². The van der Waals surface area contributed by atoms with Crippen LogP contribution >= 0.6 is 15.9 Å². The Hall–Kier alpha value is -2.34. The second kappa shape index (κ2) is 7.61. The van der Waals surface area contributed by atoms with Gasteiger partial charge in [-0.15, -0.1) is 0 Å². The summed E-state index contributed by atoms with van der Waals surface area (Å²) in [6, 6.07) is 12.7. The van der Waals surface area contributed by atoms with E-state index in [0.717, 1.165) is 16.8 Å². The summed E-state index contributed by atoms with van der Waals surface area (Å²) in [5.74, 6) is -0.0824. The Balaban J connectivity index is 1.83. The third kappa shape index (κ3) is 4.60. The van der Waals surface area contributed by atoms with Crippen molar-refractivity contribution in [2.75, 3.05) is 11.9 Å². The number of aromatic hydroxyl groups is 1. The van der Waals surface area contributed by atoms with Gasteiger partial charge in [-0.3, -0.25) is 4.79 Å². The number of aryl methyl sites for hydroxylation is 1. The lowest BCUT2D eigenvalue weighted by atomic mass is 10.2. The molecule has 0 bridgehead atoms. The van der Waals surface area contributed by atoms with Crippen LogP contribution in [-0.2, 0) is 4.79 Å². The number of benzene rings is 2. The zero-order chi connectivity index (χ0) is 15.9. The Morgan fingerprint density at radius 1 is 1.32 bits per heavy atom. The molecule has 0 aromatic heterocycles. The van der Waals surface area contributed by atoms with E-state index < -0.39 is 0 Å². The van der Waals surface area contributed by atoms with Gasteiger partial charge in [0.15, 0.2) is 0 Å². The molecule has 0 unspecified atom stereocenters. The minimum absolute atomic E-state index is 0.140. The molecule has 5 nitrogen and oxygen atoms in total. The van der Waals surface area contributed by atoms with Crippen molar-refractivity contribution in [1.82, 2.24) is 5.43 Å². The van der Waals surface area contributed by atoms with Crippen LogP contribution in [0.1, 0.15) is 11.1 Å². The maximum Gasteiger partial charge on any atom is 0.259 e. The number of phenolic OH excluding ortho intramolecular Hbond substituents is 1. The average Bonchev–Trinajstić information content (AvgIpc) is 2.50. The Kier molecular flexibility index (Phi) is 5.55. The second-order valence-electron chi connectivity index (χ2n) is 4.67. The number of rotatable bonds is 5. The van der Waals surface area contributed by atoms with Crippen molar-refractivity contribution in [3.8, 4) is 5.75 Å². The fourth-order valence-corrected chi connectivity index (χ4v) is 2.17. The largest absolute Gasteiger partial charge is 0.507 e. The van der Waals surface area contributed by atoms with E-state index in [1.807, 2.05) is 31.2 Å². The Bertz CT molecular complexity index is 702. The zero-order valence-corrected chi connectivity index (χ0v) is 13.6. The first-order chi connectivity index (χ1) is 10.6. The number of nitrogens with zero attached hydrogens (tertiary/aromatic N) is 1. The number of amides is 1. The van der Waals surface area contributed by atoms with Crippen LogP contribution in [0.4, 0.5) is 5.69 Å². The molecule has 2 rings (SSSR count). The van der Waals surface area contributed by atoms with Crippen LogP contribution in [0.15, 0.2) is 52.0 Å². The molecule has 0 saturated heterocycles. The molecule has 0 aliphatic carbocycles. The molecule has 0 fully saturated rings. The predicted octanol–water partition coefficient (Wildman–Crippen LogP) is 3.03. The lowest BCUT2D eigenvalue weighted by molar-refractivity contribution is -0.119. The van der Waals surface area contributed by atoms with Gasteiger partial charge in [-0.25, -0.2) is 5.43 Å². The molecule has 3 N–H and O–H groups in total. The van der Waals surface area contributed by atoms with E-state index in [4.69, 9.17) is 0 Å². The minimum Gasteiger partial charge on any atom is -0.507 e. The number of hydrogen-bond donors (Lipinski definition) is 3. The van der Waals surface area contributed by atoms with E-state index in [1.54, 1.807) is 18.2 Å². The van der Waals surface area contributed by atoms with Gasteiger partial charge in [0.1, 0.15) is 5.75 Å². The number of nitrogens with one attached hydrogen (secondary N) is 2. The lowest BCUT2D eigenvalue weighted by Crippen LogP contribution is -2.26. The fourth-order valence-electron chi connectivity index (χ4n) is 1.77. The summed E-state index contributed by atoms with van der Waals surface area (Å²) in [7, 11) is 0. The van der Waals surface area contributed by atoms with Crippen LogP contribution in [0, 0.1) is 6.92 Å². The fraction of sp³-hybridized carbons (Fsp3) is 0.125. The standard InChI is InChI=1S/C16H16BrN3O2/c1-11-4-2-3-5-14(11)18-10-16(22)20-19-9-12-6-7-15(21)13(17)8-12/h2-9,18,21H,10H2,1H3,(H,20,22)/b19-9+. The number of hydrogen-bond acceptors (Lipinski definition) is 4. The molecule has 0 spiro atoms. The summed E-state index contributed by atoms with van der Waals surface area (Å²) < 4.78 is 0.573. The van der Waals surface area contributed by atoms with Gasteiger partial charge in [-0.2, -0.15) is 5.10 Å². The first kappa shape index (κ1) is 16.0. The zero-order valence-electron chi connectivity index (χ0n) is 12.0. The Morgan fingerprint density at radius 2 is 2.09 bits per heavy atom. The first-order valence-electron chi connectivity index (χ1n) is 6.66. The summed E-state index contributed by atoms with van der Waals surface area (Å²) in [5, 5.41) is 16.3. The molecule has 0 saturated carbocycles. The monoisotopic (exact) mass is 361 g/mol. The van der Waals surface area contributed by atoms with Crippen molar-refractivity contribution in [3.63, 3.8) is 0 Å². The van der Waals surface area contributed by atoms with Gasteiger partial charge in [0.2, 0.25) is 0 Å². The van der Waals surface area contributed by atoms with Crippen LogP contribution in [0.2, 0.25) is 0 Å². The van der Waals surface area contributed by atoms with Gasteiger partial charge in [-0.05, 0) is 58.2 Å². The highest BCUT2D eigenvalue weighted by molar-refractivity contribution is 9.10. The van der Waals surface area contributed by atoms with Crippen molar-refractivity contribution in [3.05, 3.63) is 58.1 Å². The van der Waals surface area contributed by atoms with E-state index in [-0.39, 0.29) is 18.2 Å². The van der Waals surface area contributed by atoms with Crippen molar-refractivity contribution in [2.45, 2.75) is 6.92 Å². The SMILES string of the molecule is Cc1ccccc1NCC(=O)N/N=C/c1ccc(O)c(Br)c1. The summed E-state index contributed by atoms with van der Waals surface area (Å²) in [5.41, 5.74) is 5.20. The Labute approximate surface area is 137 Å². The van der Waals surface area contributed by atoms with Crippen LogP contribution in [-0.4, -0.2) is 23.8 Å².